The fourth-order valence-corrected chi connectivity index (χ4v) is 2.84. The van der Waals surface area contributed by atoms with Crippen LogP contribution in [0.2, 0.25) is 0 Å². The first-order chi connectivity index (χ1) is 11.1. The molecule has 1 aromatic rings. The highest BCUT2D eigenvalue weighted by molar-refractivity contribution is 7.88. The fourth-order valence-electron chi connectivity index (χ4n) is 1.51. The van der Waals surface area contributed by atoms with E-state index in [1.165, 1.54) is 0 Å². The molecule has 0 saturated carbocycles. The number of hydrogen-bond donors (Lipinski definition) is 6. The summed E-state index contributed by atoms with van der Waals surface area (Å²) >= 11 is 0. The molecular weight excluding hydrogens is 398 g/mol. The minimum absolute atomic E-state index is 0.356. The SMILES string of the molecule is O=C(O)[C@H](OS(=O)(=O)O)[C@@](On1c(O)ccc1O)(C(=O)O)S(=O)(=O)O. The zero-order valence-electron chi connectivity index (χ0n) is 11.4. The molecule has 15 nitrogen and oxygen atoms in total. The fraction of sp³-hybridized carbons (Fsp3) is 0.250. The van der Waals surface area contributed by atoms with E-state index in [1.807, 2.05) is 0 Å². The Bertz CT molecular complexity index is 878. The molecule has 0 unspecified atom stereocenters. The number of carbonyl (C=O) groups is 2. The number of carboxylic acids is 2. The number of aromatic hydroxyl groups is 2. The Morgan fingerprint density at radius 1 is 1.04 bits per heavy atom. The van der Waals surface area contributed by atoms with E-state index in [-0.39, 0.29) is 4.73 Å². The van der Waals surface area contributed by atoms with Crippen LogP contribution in [0.1, 0.15) is 0 Å². The van der Waals surface area contributed by atoms with Gasteiger partial charge in [0, 0.05) is 12.1 Å². The standard InChI is InChI=1S/C8H9NO14S2/c10-3-1-2-4(11)9(3)23-8(7(14)15,24(16,17)18)5(6(12)13)22-25(19,20)21/h1-2,5,10-11H,(H,12,13)(H,14,15)(H,16,17,18)(H,19,20,21)/t5-,8-/m0/s1. The van der Waals surface area contributed by atoms with Crippen LogP contribution >= 0.6 is 0 Å². The summed E-state index contributed by atoms with van der Waals surface area (Å²) in [5.74, 6) is -7.83. The van der Waals surface area contributed by atoms with Gasteiger partial charge < -0.3 is 25.3 Å². The third-order valence-electron chi connectivity index (χ3n) is 2.49. The molecule has 0 saturated heterocycles. The molecule has 0 amide bonds. The van der Waals surface area contributed by atoms with Crippen molar-refractivity contribution >= 4 is 32.5 Å². The highest BCUT2D eigenvalue weighted by Gasteiger charge is 2.67. The van der Waals surface area contributed by atoms with Crippen LogP contribution in [0.4, 0.5) is 0 Å². The Kier molecular flexibility index (Phi) is 5.21. The van der Waals surface area contributed by atoms with Gasteiger partial charge in [0.05, 0.1) is 0 Å². The minimum atomic E-state index is -6.20. The van der Waals surface area contributed by atoms with Crippen molar-refractivity contribution in [1.82, 2.24) is 4.73 Å². The molecule has 25 heavy (non-hydrogen) atoms. The van der Waals surface area contributed by atoms with Crippen LogP contribution in [0.15, 0.2) is 12.1 Å². The molecule has 0 radical (unpaired) electrons. The third kappa shape index (κ3) is 3.91. The van der Waals surface area contributed by atoms with Crippen LogP contribution in [-0.4, -0.2) is 74.1 Å². The summed E-state index contributed by atoms with van der Waals surface area (Å²) in [6, 6.07) is 1.26. The molecule has 142 valence electrons. The summed E-state index contributed by atoms with van der Waals surface area (Å²) in [6.45, 7) is 0. The van der Waals surface area contributed by atoms with Crippen molar-refractivity contribution in [2.45, 2.75) is 11.0 Å². The summed E-state index contributed by atoms with van der Waals surface area (Å²) in [7, 11) is -12.0. The molecule has 2 atom stereocenters. The van der Waals surface area contributed by atoms with Gasteiger partial charge in [0.15, 0.2) is 0 Å². The lowest BCUT2D eigenvalue weighted by Crippen LogP contribution is -2.65. The summed E-state index contributed by atoms with van der Waals surface area (Å²) in [4.78, 5) is 22.2. The van der Waals surface area contributed by atoms with E-state index in [2.05, 4.69) is 9.02 Å². The minimum Gasteiger partial charge on any atom is -0.492 e. The topological polar surface area (TPSA) is 247 Å². The van der Waals surface area contributed by atoms with Gasteiger partial charge in [-0.1, -0.05) is 0 Å². The van der Waals surface area contributed by atoms with Gasteiger partial charge in [0.1, 0.15) is 0 Å². The summed E-state index contributed by atoms with van der Waals surface area (Å²) < 4.78 is 65.3. The zero-order chi connectivity index (χ0) is 19.8. The summed E-state index contributed by atoms with van der Waals surface area (Å²) in [5, 5.41) is 36.7. The predicted octanol–water partition coefficient (Wildman–Crippen LogP) is -2.73. The Hall–Kier alpha value is -2.60. The number of hydrogen-bond acceptors (Lipinski definition) is 10. The Morgan fingerprint density at radius 3 is 1.76 bits per heavy atom. The number of aromatic nitrogens is 1. The van der Waals surface area contributed by atoms with Crippen LogP contribution in [-0.2, 0) is 34.3 Å². The van der Waals surface area contributed by atoms with E-state index >= 15 is 0 Å². The Morgan fingerprint density at radius 2 is 1.48 bits per heavy atom. The monoisotopic (exact) mass is 407 g/mol. The van der Waals surface area contributed by atoms with Gasteiger partial charge in [0.2, 0.25) is 17.9 Å². The van der Waals surface area contributed by atoms with Gasteiger partial charge in [-0.05, 0) is 0 Å². The van der Waals surface area contributed by atoms with Gasteiger partial charge in [-0.15, -0.1) is 4.73 Å². The maximum absolute atomic E-state index is 11.5. The molecule has 0 spiro atoms. The molecule has 1 heterocycles. The van der Waals surface area contributed by atoms with Crippen molar-refractivity contribution in [1.29, 1.82) is 0 Å². The van der Waals surface area contributed by atoms with Gasteiger partial charge in [-0.2, -0.15) is 16.8 Å². The number of carboxylic acid groups (broad SMARTS) is 2. The lowest BCUT2D eigenvalue weighted by atomic mass is 10.2. The molecular formula is C8H9NO14S2. The molecule has 6 N–H and O–H groups in total. The third-order valence-corrected chi connectivity index (χ3v) is 4.16. The largest absolute Gasteiger partial charge is 0.492 e. The van der Waals surface area contributed by atoms with Crippen LogP contribution in [0.3, 0.4) is 0 Å². The van der Waals surface area contributed by atoms with E-state index in [1.54, 1.807) is 0 Å². The quantitative estimate of drug-likeness (QED) is 0.239. The summed E-state index contributed by atoms with van der Waals surface area (Å²) in [5.41, 5.74) is 0. The molecule has 0 aliphatic carbocycles. The maximum Gasteiger partial charge on any atom is 0.398 e. The predicted molar refractivity (Wildman–Crippen MR) is 70.3 cm³/mol. The molecule has 1 aromatic heterocycles. The van der Waals surface area contributed by atoms with Crippen LogP contribution in [0.25, 0.3) is 0 Å². The molecule has 0 aromatic carbocycles. The smallest absolute Gasteiger partial charge is 0.398 e. The van der Waals surface area contributed by atoms with Crippen molar-refractivity contribution < 1.29 is 65.0 Å². The average Bonchev–Trinajstić information content (AvgIpc) is 2.70. The first-order valence-corrected chi connectivity index (χ1v) is 8.32. The number of rotatable bonds is 8. The molecule has 0 bridgehead atoms. The van der Waals surface area contributed by atoms with Crippen LogP contribution in [0.5, 0.6) is 11.8 Å². The highest BCUT2D eigenvalue weighted by Crippen LogP contribution is 2.29. The lowest BCUT2D eigenvalue weighted by Gasteiger charge is -2.30. The first kappa shape index (κ1) is 20.4. The Balaban J connectivity index is 3.78. The van der Waals surface area contributed by atoms with E-state index in [9.17, 15) is 36.6 Å². The first-order valence-electron chi connectivity index (χ1n) is 5.51. The van der Waals surface area contributed by atoms with Crippen molar-refractivity contribution in [3.05, 3.63) is 12.1 Å². The van der Waals surface area contributed by atoms with Crippen molar-refractivity contribution in [2.75, 3.05) is 0 Å². The van der Waals surface area contributed by atoms with Gasteiger partial charge in [-0.3, -0.25) is 9.11 Å². The zero-order valence-corrected chi connectivity index (χ0v) is 13.1. The van der Waals surface area contributed by atoms with Crippen molar-refractivity contribution in [3.8, 4) is 11.8 Å². The van der Waals surface area contributed by atoms with Crippen molar-refractivity contribution in [3.63, 3.8) is 0 Å². The average molecular weight is 407 g/mol. The second kappa shape index (κ2) is 6.37. The maximum atomic E-state index is 11.5. The van der Waals surface area contributed by atoms with E-state index in [0.717, 1.165) is 0 Å². The molecule has 0 aliphatic rings. The molecule has 0 fully saturated rings. The molecule has 0 aliphatic heterocycles. The second-order valence-electron chi connectivity index (χ2n) is 4.13. The van der Waals surface area contributed by atoms with Gasteiger partial charge in [0.25, 0.3) is 0 Å². The number of aliphatic carboxylic acids is 2. The van der Waals surface area contributed by atoms with E-state index < -0.39 is 55.3 Å². The van der Waals surface area contributed by atoms with Crippen LogP contribution < -0.4 is 4.84 Å². The Labute approximate surface area is 137 Å². The second-order valence-corrected chi connectivity index (χ2v) is 6.73. The van der Waals surface area contributed by atoms with Gasteiger partial charge >= 0.3 is 37.4 Å². The summed E-state index contributed by atoms with van der Waals surface area (Å²) in [6.07, 6.45) is -3.61. The van der Waals surface area contributed by atoms with Gasteiger partial charge in [-0.25, -0.2) is 13.8 Å². The normalized spacial score (nSPS) is 15.9. The number of nitrogens with zero attached hydrogens (tertiary/aromatic N) is 1. The van der Waals surface area contributed by atoms with E-state index in [0.29, 0.717) is 12.1 Å². The van der Waals surface area contributed by atoms with Crippen molar-refractivity contribution in [2.24, 2.45) is 0 Å². The lowest BCUT2D eigenvalue weighted by molar-refractivity contribution is -0.177. The highest BCUT2D eigenvalue weighted by atomic mass is 32.3. The molecule has 1 rings (SSSR count). The molecule has 17 heteroatoms. The van der Waals surface area contributed by atoms with Crippen LogP contribution in [0, 0.1) is 0 Å². The van der Waals surface area contributed by atoms with E-state index in [4.69, 9.17) is 19.3 Å².